The van der Waals surface area contributed by atoms with Crippen molar-refractivity contribution in [3.63, 3.8) is 0 Å². The maximum Gasteiger partial charge on any atom is 0.269 e. The second-order valence-corrected chi connectivity index (χ2v) is 7.78. The summed E-state index contributed by atoms with van der Waals surface area (Å²) in [5.41, 5.74) is 1.28. The number of carbonyl (C=O) groups is 1. The number of hydrogen-bond acceptors (Lipinski definition) is 7. The van der Waals surface area contributed by atoms with Gasteiger partial charge in [0.2, 0.25) is 0 Å². The molecule has 1 fully saturated rings. The van der Waals surface area contributed by atoms with Gasteiger partial charge < -0.3 is 20.5 Å². The van der Waals surface area contributed by atoms with E-state index < -0.39 is 0 Å². The quantitative estimate of drug-likeness (QED) is 0.592. The molecular formula is C21H26N4O3S. The number of anilines is 1. The Morgan fingerprint density at radius 1 is 1.14 bits per heavy atom. The van der Waals surface area contributed by atoms with E-state index in [-0.39, 0.29) is 12.0 Å². The number of aliphatic hydroxyl groups is 1. The fourth-order valence-electron chi connectivity index (χ4n) is 3.00. The zero-order valence-electron chi connectivity index (χ0n) is 16.6. The molecule has 8 heteroatoms. The van der Waals surface area contributed by atoms with E-state index in [2.05, 4.69) is 20.6 Å². The minimum absolute atomic E-state index is 0.0359. The van der Waals surface area contributed by atoms with E-state index in [4.69, 9.17) is 9.84 Å². The fourth-order valence-corrected chi connectivity index (χ4v) is 3.84. The van der Waals surface area contributed by atoms with Crippen molar-refractivity contribution in [1.29, 1.82) is 0 Å². The van der Waals surface area contributed by atoms with Gasteiger partial charge in [0.25, 0.3) is 5.91 Å². The number of aromatic nitrogens is 2. The van der Waals surface area contributed by atoms with Crippen molar-refractivity contribution in [2.45, 2.75) is 38.2 Å². The van der Waals surface area contributed by atoms with Crippen LogP contribution in [0.15, 0.2) is 36.5 Å². The summed E-state index contributed by atoms with van der Waals surface area (Å²) in [6, 6.07) is 9.04. The monoisotopic (exact) mass is 414 g/mol. The molecule has 0 spiro atoms. The van der Waals surface area contributed by atoms with Crippen LogP contribution in [-0.2, 0) is 0 Å². The maximum absolute atomic E-state index is 11.4. The first-order valence-electron chi connectivity index (χ1n) is 9.71. The number of rotatable bonds is 4. The largest absolute Gasteiger partial charge is 0.456 e. The third-order valence-electron chi connectivity index (χ3n) is 4.58. The Kier molecular flexibility index (Phi) is 7.37. The molecule has 29 heavy (non-hydrogen) atoms. The normalized spacial score (nSPS) is 14.0. The number of carbonyl (C=O) groups excluding carboxylic acids is 1. The highest BCUT2D eigenvalue weighted by molar-refractivity contribution is 7.22. The van der Waals surface area contributed by atoms with Crippen molar-refractivity contribution in [3.05, 3.63) is 42.2 Å². The number of aliphatic hydroxyl groups excluding tert-OH is 1. The summed E-state index contributed by atoms with van der Waals surface area (Å²) in [6.45, 7) is 0. The molecule has 154 valence electrons. The number of nitrogens with zero attached hydrogens (tertiary/aromatic N) is 2. The van der Waals surface area contributed by atoms with Crippen LogP contribution in [0.4, 0.5) is 5.13 Å². The van der Waals surface area contributed by atoms with Gasteiger partial charge in [-0.15, -0.1) is 0 Å². The van der Waals surface area contributed by atoms with Crippen LogP contribution in [0.3, 0.4) is 0 Å². The van der Waals surface area contributed by atoms with Crippen molar-refractivity contribution in [1.82, 2.24) is 15.3 Å². The minimum Gasteiger partial charge on any atom is -0.456 e. The van der Waals surface area contributed by atoms with Gasteiger partial charge in [-0.2, -0.15) is 0 Å². The van der Waals surface area contributed by atoms with E-state index in [1.165, 1.54) is 25.5 Å². The predicted molar refractivity (Wildman–Crippen MR) is 116 cm³/mol. The second-order valence-electron chi connectivity index (χ2n) is 6.75. The average Bonchev–Trinajstić information content (AvgIpc) is 3.17. The maximum atomic E-state index is 11.4. The topological polar surface area (TPSA) is 96.4 Å². The Bertz CT molecular complexity index is 937. The van der Waals surface area contributed by atoms with Crippen molar-refractivity contribution < 1.29 is 14.6 Å². The van der Waals surface area contributed by atoms with E-state index >= 15 is 0 Å². The molecule has 1 aliphatic rings. The highest BCUT2D eigenvalue weighted by Gasteiger charge is 2.08. The van der Waals surface area contributed by atoms with Gasteiger partial charge in [-0.3, -0.25) is 4.79 Å². The zero-order chi connectivity index (χ0) is 20.6. The van der Waals surface area contributed by atoms with Gasteiger partial charge in [0.15, 0.2) is 5.13 Å². The van der Waals surface area contributed by atoms with Gasteiger partial charge in [-0.05, 0) is 37.1 Å². The predicted octanol–water partition coefficient (Wildman–Crippen LogP) is 4.20. The lowest BCUT2D eigenvalue weighted by Crippen LogP contribution is -2.18. The van der Waals surface area contributed by atoms with Crippen LogP contribution in [0, 0.1) is 0 Å². The van der Waals surface area contributed by atoms with Crippen LogP contribution < -0.4 is 15.4 Å². The SMILES string of the molecule is CNC(=O)c1ccc(Oc2ccc3nc(NC)sc3c2)cn1.OC1CCCCC1. The molecule has 1 saturated carbocycles. The molecule has 0 radical (unpaired) electrons. The summed E-state index contributed by atoms with van der Waals surface area (Å²) in [5, 5.41) is 15.3. The molecule has 1 amide bonds. The van der Waals surface area contributed by atoms with Gasteiger partial charge in [0.1, 0.15) is 17.2 Å². The van der Waals surface area contributed by atoms with Crippen LogP contribution in [0.25, 0.3) is 10.2 Å². The summed E-state index contributed by atoms with van der Waals surface area (Å²) in [7, 11) is 3.41. The highest BCUT2D eigenvalue weighted by Crippen LogP contribution is 2.30. The van der Waals surface area contributed by atoms with E-state index in [1.54, 1.807) is 30.5 Å². The number of nitrogens with one attached hydrogen (secondary N) is 2. The number of fused-ring (bicyclic) bond motifs is 1. The van der Waals surface area contributed by atoms with E-state index in [0.717, 1.165) is 28.2 Å². The second kappa shape index (κ2) is 10.2. The van der Waals surface area contributed by atoms with Crippen LogP contribution in [0.2, 0.25) is 0 Å². The lowest BCUT2D eigenvalue weighted by Gasteiger charge is -2.14. The molecule has 0 bridgehead atoms. The minimum atomic E-state index is -0.225. The van der Waals surface area contributed by atoms with Gasteiger partial charge >= 0.3 is 0 Å². The third-order valence-corrected chi connectivity index (χ3v) is 5.62. The molecule has 0 atom stereocenters. The lowest BCUT2D eigenvalue weighted by molar-refractivity contribution is 0.0958. The summed E-state index contributed by atoms with van der Waals surface area (Å²) in [4.78, 5) is 19.9. The highest BCUT2D eigenvalue weighted by atomic mass is 32.1. The number of amides is 1. The van der Waals surface area contributed by atoms with Crippen molar-refractivity contribution in [2.75, 3.05) is 19.4 Å². The summed E-state index contributed by atoms with van der Waals surface area (Å²) < 4.78 is 6.80. The molecule has 2 heterocycles. The number of benzene rings is 1. The van der Waals surface area contributed by atoms with Gasteiger partial charge in [-0.25, -0.2) is 9.97 Å². The number of hydrogen-bond donors (Lipinski definition) is 3. The molecule has 1 aromatic carbocycles. The molecule has 2 aromatic heterocycles. The Balaban J connectivity index is 0.000000290. The van der Waals surface area contributed by atoms with Crippen molar-refractivity contribution in [2.24, 2.45) is 0 Å². The average molecular weight is 415 g/mol. The van der Waals surface area contributed by atoms with E-state index in [9.17, 15) is 4.79 Å². The molecule has 1 aliphatic carbocycles. The summed E-state index contributed by atoms with van der Waals surface area (Å²) >= 11 is 1.56. The van der Waals surface area contributed by atoms with Crippen LogP contribution in [0.1, 0.15) is 42.6 Å². The Hall–Kier alpha value is -2.71. The lowest BCUT2D eigenvalue weighted by atomic mass is 9.98. The Labute approximate surface area is 174 Å². The summed E-state index contributed by atoms with van der Waals surface area (Å²) in [5.74, 6) is 1.05. The zero-order valence-corrected chi connectivity index (χ0v) is 17.5. The standard InChI is InChI=1S/C15H14N4O2S.C6H12O/c1-16-14(20)12-6-4-10(8-18-12)21-9-3-5-11-13(7-9)22-15(17-2)19-11;7-6-4-2-1-3-5-6/h3-8H,1-2H3,(H,16,20)(H,17,19);6-7H,1-5H2. The van der Waals surface area contributed by atoms with Gasteiger partial charge in [0.05, 0.1) is 22.5 Å². The molecular weight excluding hydrogens is 388 g/mol. The van der Waals surface area contributed by atoms with E-state index in [1.807, 2.05) is 25.2 Å². The number of ether oxygens (including phenoxy) is 1. The first kappa shape index (κ1) is 21.0. The Morgan fingerprint density at radius 2 is 1.90 bits per heavy atom. The van der Waals surface area contributed by atoms with Crippen LogP contribution in [0.5, 0.6) is 11.5 Å². The summed E-state index contributed by atoms with van der Waals surface area (Å²) in [6.07, 6.45) is 7.45. The van der Waals surface area contributed by atoms with Crippen LogP contribution in [-0.4, -0.2) is 41.2 Å². The molecule has 3 aromatic rings. The van der Waals surface area contributed by atoms with Crippen LogP contribution >= 0.6 is 11.3 Å². The Morgan fingerprint density at radius 3 is 2.48 bits per heavy atom. The van der Waals surface area contributed by atoms with Crippen molar-refractivity contribution in [3.8, 4) is 11.5 Å². The van der Waals surface area contributed by atoms with Gasteiger partial charge in [-0.1, -0.05) is 30.6 Å². The molecule has 3 N–H and O–H groups in total. The molecule has 0 unspecified atom stereocenters. The van der Waals surface area contributed by atoms with Gasteiger partial charge in [0, 0.05) is 20.2 Å². The first-order chi connectivity index (χ1) is 14.1. The molecule has 4 rings (SSSR count). The number of pyridine rings is 1. The molecule has 0 saturated heterocycles. The molecule has 7 nitrogen and oxygen atoms in total. The molecule has 0 aliphatic heterocycles. The smallest absolute Gasteiger partial charge is 0.269 e. The van der Waals surface area contributed by atoms with Crippen molar-refractivity contribution >= 4 is 32.6 Å². The number of thiazole rings is 1. The third kappa shape index (κ3) is 5.88. The fraction of sp³-hybridized carbons (Fsp3) is 0.381. The first-order valence-corrected chi connectivity index (χ1v) is 10.5. The van der Waals surface area contributed by atoms with E-state index in [0.29, 0.717) is 17.2 Å².